The van der Waals surface area contributed by atoms with Gasteiger partial charge in [-0.3, -0.25) is 4.79 Å². The quantitative estimate of drug-likeness (QED) is 0.631. The number of carbonyl (C=O) groups excluding carboxylic acids is 1. The first kappa shape index (κ1) is 10.1. The third-order valence-corrected chi connectivity index (χ3v) is 1.55. The topological polar surface area (TPSA) is 75.9 Å². The molecule has 0 radical (unpaired) electrons. The highest BCUT2D eigenvalue weighted by Crippen LogP contribution is 2.00. The summed E-state index contributed by atoms with van der Waals surface area (Å²) in [5.74, 6) is -0.104. The van der Waals surface area contributed by atoms with Crippen LogP contribution in [0, 0.1) is 18.3 Å². The predicted molar refractivity (Wildman–Crippen MR) is 47.2 cm³/mol. The van der Waals surface area contributed by atoms with Crippen LogP contribution in [0.3, 0.4) is 0 Å². The van der Waals surface area contributed by atoms with Crippen LogP contribution in [0.5, 0.6) is 0 Å². The van der Waals surface area contributed by atoms with Gasteiger partial charge in [0.25, 0.3) is 0 Å². The number of nitrogens with zero attached hydrogens (tertiary/aromatic N) is 3. The molecule has 0 aromatic carbocycles. The van der Waals surface area contributed by atoms with Crippen LogP contribution in [0.15, 0.2) is 6.07 Å². The summed E-state index contributed by atoms with van der Waals surface area (Å²) in [4.78, 5) is 18.8. The van der Waals surface area contributed by atoms with Gasteiger partial charge in [-0.15, -0.1) is 0 Å². The summed E-state index contributed by atoms with van der Waals surface area (Å²) in [6, 6.07) is 3.45. The summed E-state index contributed by atoms with van der Waals surface area (Å²) in [7, 11) is 1.29. The molecular formula is C9H9N3O2. The Hall–Kier alpha value is -1.96. The van der Waals surface area contributed by atoms with Gasteiger partial charge in [-0.25, -0.2) is 9.97 Å². The van der Waals surface area contributed by atoms with Crippen LogP contribution in [0.1, 0.15) is 17.2 Å². The first-order chi connectivity index (χ1) is 6.65. The molecule has 1 rings (SSSR count). The van der Waals surface area contributed by atoms with E-state index in [0.717, 1.165) is 0 Å². The highest BCUT2D eigenvalue weighted by atomic mass is 16.5. The van der Waals surface area contributed by atoms with Crippen LogP contribution < -0.4 is 0 Å². The van der Waals surface area contributed by atoms with Gasteiger partial charge in [0.05, 0.1) is 7.11 Å². The van der Waals surface area contributed by atoms with Gasteiger partial charge in [-0.05, 0) is 13.0 Å². The lowest BCUT2D eigenvalue weighted by Crippen LogP contribution is -2.09. The van der Waals surface area contributed by atoms with E-state index in [2.05, 4.69) is 14.7 Å². The number of methoxy groups -OCH3 is 1. The minimum absolute atomic E-state index is 0.00708. The molecule has 0 bridgehead atoms. The Balaban J connectivity index is 2.93. The Bertz CT molecular complexity index is 396. The van der Waals surface area contributed by atoms with E-state index >= 15 is 0 Å². The molecule has 0 atom stereocenters. The van der Waals surface area contributed by atoms with Crippen molar-refractivity contribution in [3.63, 3.8) is 0 Å². The van der Waals surface area contributed by atoms with Crippen LogP contribution in [0.25, 0.3) is 0 Å². The second-order valence-electron chi connectivity index (χ2n) is 2.68. The highest BCUT2D eigenvalue weighted by Gasteiger charge is 2.07. The Labute approximate surface area is 81.4 Å². The van der Waals surface area contributed by atoms with Gasteiger partial charge in [0.15, 0.2) is 0 Å². The van der Waals surface area contributed by atoms with Crippen molar-refractivity contribution < 1.29 is 9.53 Å². The summed E-state index contributed by atoms with van der Waals surface area (Å²) < 4.78 is 4.47. The molecule has 0 aliphatic rings. The summed E-state index contributed by atoms with van der Waals surface area (Å²) in [6.45, 7) is 1.74. The Morgan fingerprint density at radius 3 is 2.93 bits per heavy atom. The lowest BCUT2D eigenvalue weighted by molar-refractivity contribution is -0.139. The van der Waals surface area contributed by atoms with E-state index in [1.165, 1.54) is 7.11 Å². The molecule has 0 saturated heterocycles. The van der Waals surface area contributed by atoms with E-state index < -0.39 is 5.97 Å². The zero-order chi connectivity index (χ0) is 10.6. The van der Waals surface area contributed by atoms with Crippen LogP contribution in [-0.4, -0.2) is 23.0 Å². The molecule has 0 aliphatic carbocycles. The van der Waals surface area contributed by atoms with Crippen molar-refractivity contribution in [1.29, 1.82) is 5.26 Å². The van der Waals surface area contributed by atoms with Gasteiger partial charge < -0.3 is 4.74 Å². The number of hydrogen-bond acceptors (Lipinski definition) is 5. The molecule has 1 aromatic heterocycles. The van der Waals surface area contributed by atoms with Crippen molar-refractivity contribution in [1.82, 2.24) is 9.97 Å². The molecule has 0 aliphatic heterocycles. The fraction of sp³-hybridized carbons (Fsp3) is 0.333. The highest BCUT2D eigenvalue weighted by molar-refractivity contribution is 5.71. The number of nitriles is 1. The zero-order valence-corrected chi connectivity index (χ0v) is 7.94. The molecule has 72 valence electrons. The van der Waals surface area contributed by atoms with Crippen molar-refractivity contribution in [2.75, 3.05) is 7.11 Å². The molecule has 1 aromatic rings. The third kappa shape index (κ3) is 2.52. The first-order valence-electron chi connectivity index (χ1n) is 3.97. The SMILES string of the molecule is COC(=O)Cc1nc(C)cc(C#N)n1. The van der Waals surface area contributed by atoms with Crippen LogP contribution in [0.4, 0.5) is 0 Å². The van der Waals surface area contributed by atoms with Crippen molar-refractivity contribution in [3.8, 4) is 6.07 Å². The molecule has 0 unspecified atom stereocenters. The standard InChI is InChI=1S/C9H9N3O2/c1-6-3-7(5-10)12-8(11-6)4-9(13)14-2/h3H,4H2,1-2H3. The number of hydrogen-bond donors (Lipinski definition) is 0. The molecule has 0 N–H and O–H groups in total. The number of carbonyl (C=O) groups is 1. The molecule has 0 amide bonds. The number of aromatic nitrogens is 2. The van der Waals surface area contributed by atoms with Crippen molar-refractivity contribution in [2.24, 2.45) is 0 Å². The second kappa shape index (κ2) is 4.33. The monoisotopic (exact) mass is 191 g/mol. The summed E-state index contributed by atoms with van der Waals surface area (Å²) in [5.41, 5.74) is 0.923. The lowest BCUT2D eigenvalue weighted by Gasteiger charge is -2.00. The lowest BCUT2D eigenvalue weighted by atomic mass is 10.3. The van der Waals surface area contributed by atoms with E-state index in [1.54, 1.807) is 13.0 Å². The van der Waals surface area contributed by atoms with Crippen molar-refractivity contribution in [2.45, 2.75) is 13.3 Å². The van der Waals surface area contributed by atoms with Crippen molar-refractivity contribution in [3.05, 3.63) is 23.3 Å². The smallest absolute Gasteiger partial charge is 0.313 e. The number of aryl methyl sites for hydroxylation is 1. The second-order valence-corrected chi connectivity index (χ2v) is 2.68. The number of ether oxygens (including phenoxy) is 1. The molecule has 14 heavy (non-hydrogen) atoms. The average Bonchev–Trinajstić information content (AvgIpc) is 2.16. The third-order valence-electron chi connectivity index (χ3n) is 1.55. The van der Waals surface area contributed by atoms with Gasteiger partial charge >= 0.3 is 5.97 Å². The molecule has 5 heteroatoms. The van der Waals surface area contributed by atoms with E-state index in [-0.39, 0.29) is 12.1 Å². The summed E-state index contributed by atoms with van der Waals surface area (Å²) in [6.07, 6.45) is -0.00708. The van der Waals surface area contributed by atoms with Crippen molar-refractivity contribution >= 4 is 5.97 Å². The maximum absolute atomic E-state index is 10.9. The van der Waals surface area contributed by atoms with E-state index in [1.807, 2.05) is 6.07 Å². The average molecular weight is 191 g/mol. The predicted octanol–water partition coefficient (Wildman–Crippen LogP) is 0.372. The maximum atomic E-state index is 10.9. The summed E-state index contributed by atoms with van der Waals surface area (Å²) >= 11 is 0. The van der Waals surface area contributed by atoms with E-state index in [9.17, 15) is 4.79 Å². The fourth-order valence-electron chi connectivity index (χ4n) is 0.968. The van der Waals surface area contributed by atoms with Crippen LogP contribution >= 0.6 is 0 Å². The first-order valence-corrected chi connectivity index (χ1v) is 3.97. The number of esters is 1. The molecular weight excluding hydrogens is 182 g/mol. The van der Waals surface area contributed by atoms with Gasteiger partial charge in [0.1, 0.15) is 24.0 Å². The molecule has 1 heterocycles. The van der Waals surface area contributed by atoms with Gasteiger partial charge in [0.2, 0.25) is 0 Å². The van der Waals surface area contributed by atoms with E-state index in [4.69, 9.17) is 5.26 Å². The fourth-order valence-corrected chi connectivity index (χ4v) is 0.968. The minimum atomic E-state index is -0.417. The van der Waals surface area contributed by atoms with Gasteiger partial charge in [0, 0.05) is 5.69 Å². The maximum Gasteiger partial charge on any atom is 0.313 e. The Morgan fingerprint density at radius 2 is 2.36 bits per heavy atom. The van der Waals surface area contributed by atoms with Crippen LogP contribution in [0.2, 0.25) is 0 Å². The summed E-state index contributed by atoms with van der Waals surface area (Å²) in [5, 5.41) is 8.62. The zero-order valence-electron chi connectivity index (χ0n) is 7.94. The van der Waals surface area contributed by atoms with Gasteiger partial charge in [-0.2, -0.15) is 5.26 Å². The molecule has 5 nitrogen and oxygen atoms in total. The molecule has 0 saturated carbocycles. The molecule has 0 fully saturated rings. The van der Waals surface area contributed by atoms with E-state index in [0.29, 0.717) is 11.5 Å². The normalized spacial score (nSPS) is 9.21. The Kier molecular flexibility index (Phi) is 3.13. The van der Waals surface area contributed by atoms with Crippen LogP contribution in [-0.2, 0) is 16.0 Å². The molecule has 0 spiro atoms. The Morgan fingerprint density at radius 1 is 1.64 bits per heavy atom. The largest absolute Gasteiger partial charge is 0.469 e. The minimum Gasteiger partial charge on any atom is -0.469 e. The number of rotatable bonds is 2. The van der Waals surface area contributed by atoms with Gasteiger partial charge in [-0.1, -0.05) is 0 Å².